The van der Waals surface area contributed by atoms with Gasteiger partial charge in [0.2, 0.25) is 0 Å². The molecule has 0 radical (unpaired) electrons. The van der Waals surface area contributed by atoms with E-state index in [1.54, 1.807) is 0 Å². The number of benzene rings is 1. The van der Waals surface area contributed by atoms with Crippen molar-refractivity contribution in [3.63, 3.8) is 0 Å². The summed E-state index contributed by atoms with van der Waals surface area (Å²) >= 11 is 6.29. The molecule has 0 spiro atoms. The summed E-state index contributed by atoms with van der Waals surface area (Å²) < 4.78 is 6.18. The van der Waals surface area contributed by atoms with Gasteiger partial charge in [-0.15, -0.1) is 0 Å². The van der Waals surface area contributed by atoms with Crippen LogP contribution in [-0.2, 0) is 4.74 Å². The van der Waals surface area contributed by atoms with E-state index >= 15 is 0 Å². The lowest BCUT2D eigenvalue weighted by Crippen LogP contribution is -2.31. The predicted molar refractivity (Wildman–Crippen MR) is 73.9 cm³/mol. The van der Waals surface area contributed by atoms with Gasteiger partial charge in [0.15, 0.2) is 0 Å². The van der Waals surface area contributed by atoms with Crippen LogP contribution in [-0.4, -0.2) is 18.7 Å². The van der Waals surface area contributed by atoms with Crippen molar-refractivity contribution in [2.75, 3.05) is 6.54 Å². The van der Waals surface area contributed by atoms with Crippen molar-refractivity contribution in [1.82, 2.24) is 5.32 Å². The molecule has 0 bridgehead atoms. The Morgan fingerprint density at radius 1 is 1.22 bits per heavy atom. The zero-order valence-electron chi connectivity index (χ0n) is 10.6. The average molecular weight is 266 g/mol. The monoisotopic (exact) mass is 265 g/mol. The van der Waals surface area contributed by atoms with E-state index in [0.717, 1.165) is 17.1 Å². The molecule has 2 aliphatic carbocycles. The van der Waals surface area contributed by atoms with Crippen molar-refractivity contribution in [3.05, 3.63) is 34.9 Å². The summed E-state index contributed by atoms with van der Waals surface area (Å²) in [6.07, 6.45) is 6.85. The summed E-state index contributed by atoms with van der Waals surface area (Å²) in [5.74, 6) is 0. The molecule has 2 saturated carbocycles. The first-order valence-electron chi connectivity index (χ1n) is 6.96. The quantitative estimate of drug-likeness (QED) is 0.847. The molecule has 2 fully saturated rings. The van der Waals surface area contributed by atoms with Crippen LogP contribution >= 0.6 is 11.6 Å². The first kappa shape index (κ1) is 12.5. The normalized spacial score (nSPS) is 21.6. The Hall–Kier alpha value is -0.570. The van der Waals surface area contributed by atoms with Crippen LogP contribution in [0.25, 0.3) is 0 Å². The van der Waals surface area contributed by atoms with Crippen LogP contribution < -0.4 is 5.32 Å². The van der Waals surface area contributed by atoms with Crippen molar-refractivity contribution < 1.29 is 4.74 Å². The van der Waals surface area contributed by atoms with E-state index in [1.807, 2.05) is 18.2 Å². The molecule has 1 unspecified atom stereocenters. The summed E-state index contributed by atoms with van der Waals surface area (Å²) in [7, 11) is 0. The number of ether oxygens (including phenoxy) is 1. The highest BCUT2D eigenvalue weighted by Gasteiger charge is 2.27. The molecular weight excluding hydrogens is 246 g/mol. The molecule has 1 aromatic carbocycles. The molecule has 0 aliphatic heterocycles. The van der Waals surface area contributed by atoms with Crippen LogP contribution in [0.1, 0.15) is 43.8 Å². The maximum atomic E-state index is 6.29. The molecule has 98 valence electrons. The van der Waals surface area contributed by atoms with Crippen LogP contribution in [0.5, 0.6) is 0 Å². The third-order valence-corrected chi connectivity index (χ3v) is 4.17. The van der Waals surface area contributed by atoms with Crippen molar-refractivity contribution >= 4 is 11.6 Å². The Labute approximate surface area is 114 Å². The number of nitrogens with one attached hydrogen (secondary N) is 1. The second kappa shape index (κ2) is 5.60. The molecule has 1 atom stereocenters. The van der Waals surface area contributed by atoms with E-state index in [9.17, 15) is 0 Å². The van der Waals surface area contributed by atoms with E-state index < -0.39 is 0 Å². The van der Waals surface area contributed by atoms with Crippen LogP contribution in [0.4, 0.5) is 0 Å². The highest BCUT2D eigenvalue weighted by molar-refractivity contribution is 6.31. The van der Waals surface area contributed by atoms with Gasteiger partial charge in [0.05, 0.1) is 12.2 Å². The van der Waals surface area contributed by atoms with Gasteiger partial charge in [-0.05, 0) is 38.2 Å². The second-order valence-corrected chi connectivity index (χ2v) is 5.79. The maximum Gasteiger partial charge on any atom is 0.0967 e. The third-order valence-electron chi connectivity index (χ3n) is 3.83. The molecule has 3 rings (SSSR count). The Bertz CT molecular complexity index is 401. The Kier molecular flexibility index (Phi) is 3.88. The van der Waals surface area contributed by atoms with E-state index in [0.29, 0.717) is 12.1 Å². The minimum atomic E-state index is 0.101. The summed E-state index contributed by atoms with van der Waals surface area (Å²) in [4.78, 5) is 0. The van der Waals surface area contributed by atoms with Gasteiger partial charge in [0.25, 0.3) is 0 Å². The lowest BCUT2D eigenvalue weighted by atomic mass is 9.95. The molecule has 0 heterocycles. The highest BCUT2D eigenvalue weighted by atomic mass is 35.5. The van der Waals surface area contributed by atoms with Crippen LogP contribution in [0.3, 0.4) is 0 Å². The van der Waals surface area contributed by atoms with Crippen molar-refractivity contribution in [2.24, 2.45) is 0 Å². The molecule has 2 aliphatic rings. The van der Waals surface area contributed by atoms with Crippen LogP contribution in [0, 0.1) is 0 Å². The van der Waals surface area contributed by atoms with E-state index in [-0.39, 0.29) is 6.10 Å². The van der Waals surface area contributed by atoms with Gasteiger partial charge < -0.3 is 10.1 Å². The number of halogens is 1. The number of rotatable bonds is 6. The Morgan fingerprint density at radius 3 is 2.61 bits per heavy atom. The first-order chi connectivity index (χ1) is 8.83. The molecule has 1 N–H and O–H groups in total. The van der Waals surface area contributed by atoms with Gasteiger partial charge in [0.1, 0.15) is 0 Å². The number of hydrogen-bond acceptors (Lipinski definition) is 2. The van der Waals surface area contributed by atoms with E-state index in [1.165, 1.54) is 32.1 Å². The lowest BCUT2D eigenvalue weighted by molar-refractivity contribution is -0.0520. The second-order valence-electron chi connectivity index (χ2n) is 5.38. The van der Waals surface area contributed by atoms with Crippen molar-refractivity contribution in [1.29, 1.82) is 0 Å². The first-order valence-corrected chi connectivity index (χ1v) is 7.34. The van der Waals surface area contributed by atoms with Crippen molar-refractivity contribution in [2.45, 2.75) is 50.4 Å². The van der Waals surface area contributed by atoms with Gasteiger partial charge in [-0.25, -0.2) is 0 Å². The fourth-order valence-electron chi connectivity index (χ4n) is 2.27. The average Bonchev–Trinajstić information content (AvgIpc) is 3.12. The minimum absolute atomic E-state index is 0.101. The maximum absolute atomic E-state index is 6.29. The van der Waals surface area contributed by atoms with Gasteiger partial charge in [-0.3, -0.25) is 0 Å². The Morgan fingerprint density at radius 2 is 2.00 bits per heavy atom. The number of hydrogen-bond donors (Lipinski definition) is 1. The molecular formula is C15H20ClNO. The van der Waals surface area contributed by atoms with Gasteiger partial charge in [0, 0.05) is 23.2 Å². The van der Waals surface area contributed by atoms with Crippen LogP contribution in [0.2, 0.25) is 5.02 Å². The summed E-state index contributed by atoms with van der Waals surface area (Å²) in [6, 6.07) is 8.75. The minimum Gasteiger partial charge on any atom is -0.369 e. The van der Waals surface area contributed by atoms with E-state index in [2.05, 4.69) is 11.4 Å². The lowest BCUT2D eigenvalue weighted by Gasteiger charge is -2.31. The molecule has 0 aromatic heterocycles. The predicted octanol–water partition coefficient (Wildman–Crippen LogP) is 3.70. The molecule has 1 aromatic rings. The smallest absolute Gasteiger partial charge is 0.0967 e. The summed E-state index contributed by atoms with van der Waals surface area (Å²) in [6.45, 7) is 0.880. The fourth-order valence-corrected chi connectivity index (χ4v) is 2.53. The largest absolute Gasteiger partial charge is 0.369 e. The highest BCUT2D eigenvalue weighted by Crippen LogP contribution is 2.32. The summed E-state index contributed by atoms with van der Waals surface area (Å²) in [5.41, 5.74) is 1.12. The Balaban J connectivity index is 1.67. The van der Waals surface area contributed by atoms with E-state index in [4.69, 9.17) is 16.3 Å². The van der Waals surface area contributed by atoms with Gasteiger partial charge in [-0.2, -0.15) is 0 Å². The topological polar surface area (TPSA) is 21.3 Å². The summed E-state index contributed by atoms with van der Waals surface area (Å²) in [5, 5.41) is 4.37. The molecule has 0 amide bonds. The molecule has 0 saturated heterocycles. The molecule has 18 heavy (non-hydrogen) atoms. The standard InChI is InChI=1S/C15H20ClNO/c16-14-7-2-1-6-13(14)15(10-17-11-8-9-11)18-12-4-3-5-12/h1-2,6-7,11-12,15,17H,3-5,8-10H2. The van der Waals surface area contributed by atoms with Crippen molar-refractivity contribution in [3.8, 4) is 0 Å². The van der Waals surface area contributed by atoms with Gasteiger partial charge in [-0.1, -0.05) is 29.8 Å². The third kappa shape index (κ3) is 3.05. The van der Waals surface area contributed by atoms with Crippen LogP contribution in [0.15, 0.2) is 24.3 Å². The SMILES string of the molecule is Clc1ccccc1C(CNC1CC1)OC1CCC1. The molecule has 2 nitrogen and oxygen atoms in total. The zero-order valence-corrected chi connectivity index (χ0v) is 11.3. The fraction of sp³-hybridized carbons (Fsp3) is 0.600. The molecule has 3 heteroatoms. The van der Waals surface area contributed by atoms with Gasteiger partial charge >= 0.3 is 0 Å². The zero-order chi connectivity index (χ0) is 12.4.